The Labute approximate surface area is 127 Å². The largest absolute Gasteiger partial charge is 0.311 e. The average Bonchev–Trinajstić information content (AvgIpc) is 2.88. The molecule has 0 spiro atoms. The van der Waals surface area contributed by atoms with Gasteiger partial charge in [-0.05, 0) is 44.2 Å². The molecule has 21 heavy (non-hydrogen) atoms. The normalized spacial score (nSPS) is 22.8. The molecule has 0 amide bonds. The Balaban J connectivity index is 1.60. The van der Waals surface area contributed by atoms with Crippen LogP contribution in [0.5, 0.6) is 0 Å². The fourth-order valence-corrected chi connectivity index (χ4v) is 3.50. The lowest BCUT2D eigenvalue weighted by atomic mass is 9.83. The molecular weight excluding hydrogens is 258 g/mol. The second-order valence-electron chi connectivity index (χ2n) is 6.54. The minimum absolute atomic E-state index is 0.862. The molecule has 0 radical (unpaired) electrons. The minimum atomic E-state index is 0.862. The van der Waals surface area contributed by atoms with Gasteiger partial charge in [-0.15, -0.1) is 0 Å². The quantitative estimate of drug-likeness (QED) is 0.900. The summed E-state index contributed by atoms with van der Waals surface area (Å²) in [6, 6.07) is 8.55. The molecule has 1 aliphatic carbocycles. The van der Waals surface area contributed by atoms with E-state index in [1.807, 2.05) is 0 Å². The van der Waals surface area contributed by atoms with E-state index in [0.717, 1.165) is 31.5 Å². The number of nitrogens with zero attached hydrogens (tertiary/aromatic N) is 2. The highest BCUT2D eigenvalue weighted by atomic mass is 15.3. The molecule has 0 saturated heterocycles. The van der Waals surface area contributed by atoms with Gasteiger partial charge in [0.25, 0.3) is 0 Å². The van der Waals surface area contributed by atoms with Gasteiger partial charge in [0.05, 0.1) is 11.2 Å². The molecule has 1 N–H and O–H groups in total. The van der Waals surface area contributed by atoms with Crippen LogP contribution in [0.2, 0.25) is 0 Å². The van der Waals surface area contributed by atoms with Crippen molar-refractivity contribution in [2.45, 2.75) is 52.6 Å². The summed E-state index contributed by atoms with van der Waals surface area (Å²) < 4.78 is 2.11. The summed E-state index contributed by atoms with van der Waals surface area (Å²) in [5, 5.41) is 9.69. The van der Waals surface area contributed by atoms with Crippen LogP contribution in [0.4, 0.5) is 0 Å². The van der Waals surface area contributed by atoms with Crippen LogP contribution in [0, 0.1) is 11.8 Å². The molecule has 0 bridgehead atoms. The summed E-state index contributed by atoms with van der Waals surface area (Å²) >= 11 is 0. The number of fused-ring (bicyclic) bond motifs is 1. The van der Waals surface area contributed by atoms with Gasteiger partial charge in [-0.25, -0.2) is 0 Å². The Morgan fingerprint density at radius 1 is 1.19 bits per heavy atom. The molecule has 0 unspecified atom stereocenters. The van der Waals surface area contributed by atoms with Crippen LogP contribution in [0.25, 0.3) is 10.9 Å². The summed E-state index contributed by atoms with van der Waals surface area (Å²) in [6.45, 7) is 7.49. The molecule has 1 aromatic heterocycles. The number of rotatable bonds is 5. The first kappa shape index (κ1) is 14.6. The topological polar surface area (TPSA) is 29.9 Å². The fourth-order valence-electron chi connectivity index (χ4n) is 3.50. The van der Waals surface area contributed by atoms with Crippen molar-refractivity contribution in [3.8, 4) is 0 Å². The van der Waals surface area contributed by atoms with E-state index in [9.17, 15) is 0 Å². The van der Waals surface area contributed by atoms with Crippen molar-refractivity contribution >= 4 is 10.9 Å². The minimum Gasteiger partial charge on any atom is -0.311 e. The highest BCUT2D eigenvalue weighted by Gasteiger charge is 2.18. The zero-order valence-electron chi connectivity index (χ0n) is 13.3. The van der Waals surface area contributed by atoms with Gasteiger partial charge in [0, 0.05) is 18.5 Å². The van der Waals surface area contributed by atoms with Gasteiger partial charge in [0.15, 0.2) is 0 Å². The van der Waals surface area contributed by atoms with E-state index in [4.69, 9.17) is 5.10 Å². The maximum atomic E-state index is 4.76. The fraction of sp³-hybridized carbons (Fsp3) is 0.611. The molecule has 114 valence electrons. The van der Waals surface area contributed by atoms with Gasteiger partial charge < -0.3 is 5.32 Å². The molecule has 2 aromatic rings. The first-order valence-electron chi connectivity index (χ1n) is 8.43. The molecule has 1 fully saturated rings. The van der Waals surface area contributed by atoms with Gasteiger partial charge >= 0.3 is 0 Å². The first-order chi connectivity index (χ1) is 10.3. The van der Waals surface area contributed by atoms with E-state index in [2.05, 4.69) is 48.1 Å². The number of para-hydroxylation sites is 1. The van der Waals surface area contributed by atoms with Crippen LogP contribution in [0.1, 0.15) is 45.2 Å². The molecule has 1 heterocycles. The highest BCUT2D eigenvalue weighted by Crippen LogP contribution is 2.27. The summed E-state index contributed by atoms with van der Waals surface area (Å²) in [5.74, 6) is 1.80. The van der Waals surface area contributed by atoms with Crippen molar-refractivity contribution in [2.75, 3.05) is 6.54 Å². The number of hydrogen-bond donors (Lipinski definition) is 1. The second kappa shape index (κ2) is 6.61. The highest BCUT2D eigenvalue weighted by molar-refractivity contribution is 5.81. The van der Waals surface area contributed by atoms with Gasteiger partial charge in [-0.3, -0.25) is 4.68 Å². The monoisotopic (exact) mass is 285 g/mol. The SMILES string of the molecule is CCn1nc(CNCC2CCC(C)CC2)c2ccccc21. The standard InChI is InChI=1S/C18H27N3/c1-3-21-18-7-5-4-6-16(18)17(20-21)13-19-12-15-10-8-14(2)9-11-15/h4-7,14-15,19H,3,8-13H2,1-2H3. The van der Waals surface area contributed by atoms with E-state index < -0.39 is 0 Å². The molecule has 1 aliphatic rings. The first-order valence-corrected chi connectivity index (χ1v) is 8.43. The van der Waals surface area contributed by atoms with Gasteiger partial charge in [-0.2, -0.15) is 5.10 Å². The number of aromatic nitrogens is 2. The predicted molar refractivity (Wildman–Crippen MR) is 88.2 cm³/mol. The van der Waals surface area contributed by atoms with E-state index in [1.54, 1.807) is 0 Å². The van der Waals surface area contributed by atoms with E-state index in [1.165, 1.54) is 42.3 Å². The maximum Gasteiger partial charge on any atom is 0.0841 e. The van der Waals surface area contributed by atoms with Crippen molar-refractivity contribution < 1.29 is 0 Å². The maximum absolute atomic E-state index is 4.76. The lowest BCUT2D eigenvalue weighted by molar-refractivity contribution is 0.281. The Morgan fingerprint density at radius 2 is 1.95 bits per heavy atom. The van der Waals surface area contributed by atoms with Crippen molar-refractivity contribution in [2.24, 2.45) is 11.8 Å². The molecule has 0 aliphatic heterocycles. The molecular formula is C18H27N3. The number of aryl methyl sites for hydroxylation is 1. The van der Waals surface area contributed by atoms with E-state index in [0.29, 0.717) is 0 Å². The van der Waals surface area contributed by atoms with E-state index in [-0.39, 0.29) is 0 Å². The van der Waals surface area contributed by atoms with Gasteiger partial charge in [0.2, 0.25) is 0 Å². The van der Waals surface area contributed by atoms with Gasteiger partial charge in [-0.1, -0.05) is 38.0 Å². The summed E-state index contributed by atoms with van der Waals surface area (Å²) in [5.41, 5.74) is 2.44. The number of benzene rings is 1. The van der Waals surface area contributed by atoms with Crippen LogP contribution in [-0.2, 0) is 13.1 Å². The Morgan fingerprint density at radius 3 is 2.71 bits per heavy atom. The van der Waals surface area contributed by atoms with E-state index >= 15 is 0 Å². The zero-order valence-corrected chi connectivity index (χ0v) is 13.3. The van der Waals surface area contributed by atoms with Crippen LogP contribution < -0.4 is 5.32 Å². The molecule has 3 heteroatoms. The second-order valence-corrected chi connectivity index (χ2v) is 6.54. The summed E-state index contributed by atoms with van der Waals surface area (Å²) in [4.78, 5) is 0. The van der Waals surface area contributed by atoms with Crippen molar-refractivity contribution in [1.29, 1.82) is 0 Å². The lowest BCUT2D eigenvalue weighted by Gasteiger charge is -2.26. The number of nitrogens with one attached hydrogen (secondary N) is 1. The van der Waals surface area contributed by atoms with Crippen LogP contribution >= 0.6 is 0 Å². The Hall–Kier alpha value is -1.35. The molecule has 3 rings (SSSR count). The number of hydrogen-bond acceptors (Lipinski definition) is 2. The lowest BCUT2D eigenvalue weighted by Crippen LogP contribution is -2.26. The van der Waals surface area contributed by atoms with Crippen LogP contribution in [-0.4, -0.2) is 16.3 Å². The van der Waals surface area contributed by atoms with Crippen LogP contribution in [0.15, 0.2) is 24.3 Å². The molecule has 3 nitrogen and oxygen atoms in total. The third-order valence-electron chi connectivity index (χ3n) is 4.89. The molecule has 1 aromatic carbocycles. The predicted octanol–water partition coefficient (Wildman–Crippen LogP) is 3.97. The third kappa shape index (κ3) is 3.29. The molecule has 1 saturated carbocycles. The van der Waals surface area contributed by atoms with Crippen molar-refractivity contribution in [1.82, 2.24) is 15.1 Å². The smallest absolute Gasteiger partial charge is 0.0841 e. The third-order valence-corrected chi connectivity index (χ3v) is 4.89. The van der Waals surface area contributed by atoms with Crippen molar-refractivity contribution in [3.63, 3.8) is 0 Å². The summed E-state index contributed by atoms with van der Waals surface area (Å²) in [7, 11) is 0. The van der Waals surface area contributed by atoms with Crippen LogP contribution in [0.3, 0.4) is 0 Å². The molecule has 0 atom stereocenters. The Kier molecular flexibility index (Phi) is 4.59. The average molecular weight is 285 g/mol. The summed E-state index contributed by atoms with van der Waals surface area (Å²) in [6.07, 6.45) is 5.58. The van der Waals surface area contributed by atoms with Crippen molar-refractivity contribution in [3.05, 3.63) is 30.0 Å². The zero-order chi connectivity index (χ0) is 14.7. The van der Waals surface area contributed by atoms with Gasteiger partial charge in [0.1, 0.15) is 0 Å². The Bertz CT molecular complexity index is 579.